The van der Waals surface area contributed by atoms with Gasteiger partial charge in [0.15, 0.2) is 0 Å². The number of nitrogens with zero attached hydrogens (tertiary/aromatic N) is 1. The summed E-state index contributed by atoms with van der Waals surface area (Å²) in [5.74, 6) is -0.179. The summed E-state index contributed by atoms with van der Waals surface area (Å²) in [5, 5.41) is 17.0. The number of carbonyl (C=O) groups is 1. The molecule has 1 fully saturated rings. The number of alkyl halides is 3. The summed E-state index contributed by atoms with van der Waals surface area (Å²) in [7, 11) is -3.55. The highest BCUT2D eigenvalue weighted by molar-refractivity contribution is 7.92. The van der Waals surface area contributed by atoms with Crippen molar-refractivity contribution < 1.29 is 36.2 Å². The molecule has 4 rings (SSSR count). The lowest BCUT2D eigenvalue weighted by Gasteiger charge is -2.29. The van der Waals surface area contributed by atoms with Crippen LogP contribution in [-0.4, -0.2) is 56.5 Å². The second-order valence-corrected chi connectivity index (χ2v) is 13.2. The Bertz CT molecular complexity index is 1520. The fourth-order valence-corrected chi connectivity index (χ4v) is 6.67. The molecule has 3 N–H and O–H groups in total. The van der Waals surface area contributed by atoms with Crippen LogP contribution in [0, 0.1) is 0 Å². The Morgan fingerprint density at radius 2 is 1.73 bits per heavy atom. The Balaban J connectivity index is 1.54. The Morgan fingerprint density at radius 1 is 1.00 bits per heavy atom. The summed E-state index contributed by atoms with van der Waals surface area (Å²) in [5.41, 5.74) is 0.994. The molecule has 0 bridgehead atoms. The first-order chi connectivity index (χ1) is 20.8. The molecule has 238 valence electrons. The average Bonchev–Trinajstić information content (AvgIpc) is 2.96. The van der Waals surface area contributed by atoms with E-state index >= 15 is 0 Å². The van der Waals surface area contributed by atoms with Gasteiger partial charge in [-0.2, -0.15) is 13.2 Å². The van der Waals surface area contributed by atoms with Crippen molar-refractivity contribution in [2.75, 3.05) is 23.1 Å². The molecule has 1 aliphatic heterocycles. The highest BCUT2D eigenvalue weighted by Crippen LogP contribution is 2.31. The number of hydrogen-bond acceptors (Lipinski definition) is 6. The van der Waals surface area contributed by atoms with Gasteiger partial charge in [-0.3, -0.25) is 9.10 Å². The Kier molecular flexibility index (Phi) is 10.9. The maximum atomic E-state index is 13.6. The van der Waals surface area contributed by atoms with Crippen molar-refractivity contribution in [3.63, 3.8) is 0 Å². The van der Waals surface area contributed by atoms with E-state index in [0.29, 0.717) is 36.4 Å². The minimum atomic E-state index is -4.46. The fraction of sp³-hybridized carbons (Fsp3) is 0.406. The van der Waals surface area contributed by atoms with Crippen LogP contribution in [0.2, 0.25) is 0 Å². The lowest BCUT2D eigenvalue weighted by molar-refractivity contribution is -0.137. The molecule has 3 aromatic carbocycles. The number of amides is 1. The van der Waals surface area contributed by atoms with Crippen LogP contribution >= 0.6 is 0 Å². The first-order valence-electron chi connectivity index (χ1n) is 14.5. The van der Waals surface area contributed by atoms with Crippen molar-refractivity contribution in [1.82, 2.24) is 10.6 Å². The predicted molar refractivity (Wildman–Crippen MR) is 163 cm³/mol. The molecule has 0 unspecified atom stereocenters. The van der Waals surface area contributed by atoms with Crippen LogP contribution in [0.4, 0.5) is 18.9 Å². The van der Waals surface area contributed by atoms with Gasteiger partial charge in [-0.15, -0.1) is 0 Å². The summed E-state index contributed by atoms with van der Waals surface area (Å²) < 4.78 is 72.1. The molecule has 0 saturated carbocycles. The third-order valence-electron chi connectivity index (χ3n) is 7.18. The van der Waals surface area contributed by atoms with E-state index in [1.807, 2.05) is 44.2 Å². The number of benzene rings is 3. The molecular weight excluding hydrogens is 595 g/mol. The van der Waals surface area contributed by atoms with Gasteiger partial charge in [-0.25, -0.2) is 8.42 Å². The second kappa shape index (κ2) is 14.4. The molecule has 1 aliphatic rings. The van der Waals surface area contributed by atoms with Crippen molar-refractivity contribution in [2.45, 2.75) is 64.1 Å². The van der Waals surface area contributed by atoms with Gasteiger partial charge in [-0.05, 0) is 62.4 Å². The molecule has 0 radical (unpaired) electrons. The molecule has 0 spiro atoms. The Morgan fingerprint density at radius 3 is 2.41 bits per heavy atom. The van der Waals surface area contributed by atoms with Gasteiger partial charge in [0, 0.05) is 31.3 Å². The second-order valence-electron chi connectivity index (χ2n) is 11.1. The number of hydrogen-bond donors (Lipinski definition) is 3. The molecule has 1 heterocycles. The third-order valence-corrected chi connectivity index (χ3v) is 9.05. The van der Waals surface area contributed by atoms with Gasteiger partial charge < -0.3 is 20.5 Å². The van der Waals surface area contributed by atoms with Crippen molar-refractivity contribution in [2.24, 2.45) is 0 Å². The van der Waals surface area contributed by atoms with Crippen LogP contribution < -0.4 is 19.7 Å². The number of sulfonamides is 1. The SMILES string of the molecule is CC(C)Oc1cc(C(=O)N[C@@H](Cc2ccccc2)[C@H](O)CNCc2cccc(C(F)(F)F)c2)cc(N2CCCCS2(=O)=O)c1. The molecule has 0 aliphatic carbocycles. The lowest BCUT2D eigenvalue weighted by Crippen LogP contribution is -2.48. The van der Waals surface area contributed by atoms with E-state index in [9.17, 15) is 31.5 Å². The van der Waals surface area contributed by atoms with E-state index in [2.05, 4.69) is 10.6 Å². The zero-order chi connectivity index (χ0) is 31.9. The van der Waals surface area contributed by atoms with Crippen LogP contribution in [0.1, 0.15) is 53.7 Å². The van der Waals surface area contributed by atoms with Gasteiger partial charge in [0.1, 0.15) is 5.75 Å². The quantitative estimate of drug-likeness (QED) is 0.262. The smallest absolute Gasteiger partial charge is 0.416 e. The maximum Gasteiger partial charge on any atom is 0.416 e. The number of ether oxygens (including phenoxy) is 1. The Labute approximate surface area is 256 Å². The minimum absolute atomic E-state index is 0.0121. The zero-order valence-electron chi connectivity index (χ0n) is 24.7. The first kappa shape index (κ1) is 33.3. The summed E-state index contributed by atoms with van der Waals surface area (Å²) in [6.45, 7) is 4.00. The molecule has 1 amide bonds. The summed E-state index contributed by atoms with van der Waals surface area (Å²) >= 11 is 0. The number of aliphatic hydroxyl groups is 1. The molecule has 2 atom stereocenters. The van der Waals surface area contributed by atoms with Crippen molar-refractivity contribution in [1.29, 1.82) is 0 Å². The number of nitrogens with one attached hydrogen (secondary N) is 2. The summed E-state index contributed by atoms with van der Waals surface area (Å²) in [6, 6.07) is 18.0. The predicted octanol–water partition coefficient (Wildman–Crippen LogP) is 4.91. The molecule has 0 aromatic heterocycles. The van der Waals surface area contributed by atoms with Crippen molar-refractivity contribution >= 4 is 21.6 Å². The molecule has 1 saturated heterocycles. The van der Waals surface area contributed by atoms with Crippen molar-refractivity contribution in [3.8, 4) is 5.75 Å². The van der Waals surface area contributed by atoms with E-state index in [-0.39, 0.29) is 36.9 Å². The number of halogens is 3. The van der Waals surface area contributed by atoms with Crippen LogP contribution in [0.15, 0.2) is 72.8 Å². The molecule has 44 heavy (non-hydrogen) atoms. The lowest BCUT2D eigenvalue weighted by atomic mass is 10.00. The van der Waals surface area contributed by atoms with Crippen LogP contribution in [-0.2, 0) is 29.2 Å². The largest absolute Gasteiger partial charge is 0.491 e. The van der Waals surface area contributed by atoms with Crippen molar-refractivity contribution in [3.05, 3.63) is 95.1 Å². The van der Waals surface area contributed by atoms with Gasteiger partial charge in [0.25, 0.3) is 5.91 Å². The minimum Gasteiger partial charge on any atom is -0.491 e. The number of rotatable bonds is 12. The van der Waals surface area contributed by atoms with Gasteiger partial charge >= 0.3 is 6.18 Å². The third kappa shape index (κ3) is 9.20. The Hall–Kier alpha value is -3.61. The summed E-state index contributed by atoms with van der Waals surface area (Å²) in [6.07, 6.45) is -4.27. The molecular formula is C32H38F3N3O5S. The van der Waals surface area contributed by atoms with Gasteiger partial charge in [0.05, 0.1) is 35.3 Å². The molecule has 3 aromatic rings. The maximum absolute atomic E-state index is 13.6. The average molecular weight is 634 g/mol. The fourth-order valence-electron chi connectivity index (χ4n) is 5.04. The molecule has 12 heteroatoms. The number of anilines is 1. The van der Waals surface area contributed by atoms with E-state index in [1.165, 1.54) is 22.5 Å². The number of carbonyl (C=O) groups excluding carboxylic acids is 1. The van der Waals surface area contributed by atoms with Crippen LogP contribution in [0.3, 0.4) is 0 Å². The number of aliphatic hydroxyl groups excluding tert-OH is 1. The first-order valence-corrected chi connectivity index (χ1v) is 16.1. The molecule has 8 nitrogen and oxygen atoms in total. The zero-order valence-corrected chi connectivity index (χ0v) is 25.5. The highest BCUT2D eigenvalue weighted by atomic mass is 32.2. The van der Waals surface area contributed by atoms with Gasteiger partial charge in [0.2, 0.25) is 10.0 Å². The van der Waals surface area contributed by atoms with Crippen LogP contribution in [0.5, 0.6) is 5.75 Å². The van der Waals surface area contributed by atoms with Crippen LogP contribution in [0.25, 0.3) is 0 Å². The van der Waals surface area contributed by atoms with E-state index < -0.39 is 39.8 Å². The van der Waals surface area contributed by atoms with E-state index in [0.717, 1.165) is 17.7 Å². The van der Waals surface area contributed by atoms with E-state index in [1.54, 1.807) is 12.1 Å². The topological polar surface area (TPSA) is 108 Å². The highest BCUT2D eigenvalue weighted by Gasteiger charge is 2.31. The standard InChI is InChI=1S/C32H38F3N3O5S/c1-22(2)43-28-18-25(17-27(19-28)38-13-6-7-14-44(38,41)42)31(40)37-29(16-23-9-4-3-5-10-23)30(39)21-36-20-24-11-8-12-26(15-24)32(33,34)35/h3-5,8-12,15,17-19,22,29-30,36,39H,6-7,13-14,16,20-21H2,1-2H3,(H,37,40)/t29-,30+/m0/s1. The normalized spacial score (nSPS) is 16.4. The monoisotopic (exact) mass is 633 g/mol. The van der Waals surface area contributed by atoms with Gasteiger partial charge in [-0.1, -0.05) is 48.5 Å². The summed E-state index contributed by atoms with van der Waals surface area (Å²) in [4.78, 5) is 13.6. The van der Waals surface area contributed by atoms with E-state index in [4.69, 9.17) is 4.74 Å².